The van der Waals surface area contributed by atoms with Crippen LogP contribution < -0.4 is 0 Å². The molecule has 0 saturated heterocycles. The molecular formula is C11H13F6IO. The monoisotopic (exact) mass is 402 g/mol. The van der Waals surface area contributed by atoms with Crippen LogP contribution in [-0.2, 0) is 0 Å². The van der Waals surface area contributed by atoms with Crippen LogP contribution in [0.2, 0.25) is 0 Å². The molecule has 2 saturated carbocycles. The summed E-state index contributed by atoms with van der Waals surface area (Å²) in [5.74, 6) is -2.56. The van der Waals surface area contributed by atoms with Crippen LogP contribution in [0, 0.1) is 23.7 Å². The molecule has 0 heterocycles. The zero-order valence-electron chi connectivity index (χ0n) is 9.89. The van der Waals surface area contributed by atoms with Crippen molar-refractivity contribution in [3.63, 3.8) is 0 Å². The van der Waals surface area contributed by atoms with E-state index in [1.807, 2.05) is 29.5 Å². The average Bonchev–Trinajstić information content (AvgIpc) is 2.76. The first-order valence-electron chi connectivity index (χ1n) is 5.91. The van der Waals surface area contributed by atoms with Gasteiger partial charge in [0.2, 0.25) is 0 Å². The van der Waals surface area contributed by atoms with Crippen molar-refractivity contribution in [3.05, 3.63) is 0 Å². The Morgan fingerprint density at radius 2 is 1.47 bits per heavy atom. The first-order valence-corrected chi connectivity index (χ1v) is 7.15. The number of hydrogen-bond acceptors (Lipinski definition) is 1. The smallest absolute Gasteiger partial charge is 0.373 e. The molecule has 8 heteroatoms. The first-order chi connectivity index (χ1) is 8.41. The van der Waals surface area contributed by atoms with Crippen LogP contribution in [0.25, 0.3) is 0 Å². The van der Waals surface area contributed by atoms with E-state index in [9.17, 15) is 31.4 Å². The van der Waals surface area contributed by atoms with Gasteiger partial charge in [-0.1, -0.05) is 29.5 Å². The van der Waals surface area contributed by atoms with Gasteiger partial charge in [-0.2, -0.15) is 26.3 Å². The molecule has 112 valence electrons. The minimum absolute atomic E-state index is 0.104. The molecule has 0 aromatic rings. The van der Waals surface area contributed by atoms with Crippen molar-refractivity contribution < 1.29 is 31.4 Å². The molecule has 2 fully saturated rings. The van der Waals surface area contributed by atoms with Crippen LogP contribution in [-0.4, -0.2) is 27.0 Å². The second kappa shape index (κ2) is 4.38. The van der Waals surface area contributed by atoms with Crippen LogP contribution in [0.3, 0.4) is 0 Å². The molecule has 0 radical (unpaired) electrons. The molecule has 2 bridgehead atoms. The summed E-state index contributed by atoms with van der Waals surface area (Å²) in [6.07, 6.45) is -11.3. The van der Waals surface area contributed by atoms with E-state index in [2.05, 4.69) is 0 Å². The molecule has 0 spiro atoms. The molecule has 1 N–H and O–H groups in total. The molecule has 1 nitrogen and oxygen atoms in total. The highest BCUT2D eigenvalue weighted by molar-refractivity contribution is 14.1. The van der Waals surface area contributed by atoms with E-state index in [0.717, 1.165) is 0 Å². The largest absolute Gasteiger partial charge is 0.426 e. The third kappa shape index (κ3) is 2.08. The van der Waals surface area contributed by atoms with E-state index < -0.39 is 29.8 Å². The van der Waals surface area contributed by atoms with Crippen molar-refractivity contribution in [2.24, 2.45) is 23.7 Å². The van der Waals surface area contributed by atoms with Crippen molar-refractivity contribution in [3.8, 4) is 0 Å². The molecule has 0 aromatic heterocycles. The van der Waals surface area contributed by atoms with Gasteiger partial charge in [-0.15, -0.1) is 0 Å². The summed E-state index contributed by atoms with van der Waals surface area (Å²) in [4.78, 5) is 0. The van der Waals surface area contributed by atoms with E-state index in [1.54, 1.807) is 0 Å². The summed E-state index contributed by atoms with van der Waals surface area (Å²) in [5, 5.41) is 9.46. The molecule has 0 aromatic carbocycles. The van der Waals surface area contributed by atoms with Gasteiger partial charge in [-0.25, -0.2) is 0 Å². The van der Waals surface area contributed by atoms with Gasteiger partial charge in [0.25, 0.3) is 5.60 Å². The minimum Gasteiger partial charge on any atom is -0.373 e. The van der Waals surface area contributed by atoms with E-state index in [4.69, 9.17) is 0 Å². The van der Waals surface area contributed by atoms with Crippen molar-refractivity contribution in [2.75, 3.05) is 0 Å². The fourth-order valence-electron chi connectivity index (χ4n) is 3.60. The van der Waals surface area contributed by atoms with Gasteiger partial charge in [0.15, 0.2) is 0 Å². The Labute approximate surface area is 119 Å². The van der Waals surface area contributed by atoms with Crippen LogP contribution in [0.1, 0.15) is 19.8 Å². The standard InChI is InChI=1S/C11H13F6IO/c1-4-5-2-6(8(4)18)7(3-5)9(19,10(12,13)14)11(15,16)17/h4-8,19H,2-3H2,1H3. The summed E-state index contributed by atoms with van der Waals surface area (Å²) in [7, 11) is 0. The van der Waals surface area contributed by atoms with Gasteiger partial charge in [-0.05, 0) is 30.6 Å². The predicted octanol–water partition coefficient (Wildman–Crippen LogP) is 3.94. The van der Waals surface area contributed by atoms with Gasteiger partial charge in [0.05, 0.1) is 0 Å². The summed E-state index contributed by atoms with van der Waals surface area (Å²) < 4.78 is 76.7. The number of halogens is 7. The van der Waals surface area contributed by atoms with Crippen LogP contribution in [0.4, 0.5) is 26.3 Å². The first kappa shape index (κ1) is 15.7. The van der Waals surface area contributed by atoms with Gasteiger partial charge >= 0.3 is 12.4 Å². The lowest BCUT2D eigenvalue weighted by Crippen LogP contribution is -2.63. The Balaban J connectivity index is 2.39. The van der Waals surface area contributed by atoms with Gasteiger partial charge in [0, 0.05) is 9.84 Å². The van der Waals surface area contributed by atoms with Crippen LogP contribution in [0.5, 0.6) is 0 Å². The number of rotatable bonds is 1. The lowest BCUT2D eigenvalue weighted by Gasteiger charge is -2.43. The molecule has 2 aliphatic carbocycles. The Morgan fingerprint density at radius 3 is 1.79 bits per heavy atom. The summed E-state index contributed by atoms with van der Waals surface area (Å²) in [6.45, 7) is 1.85. The van der Waals surface area contributed by atoms with E-state index in [-0.39, 0.29) is 22.2 Å². The molecule has 2 rings (SSSR count). The fraction of sp³-hybridized carbons (Fsp3) is 1.00. The van der Waals surface area contributed by atoms with Crippen molar-refractivity contribution in [1.29, 1.82) is 0 Å². The van der Waals surface area contributed by atoms with Gasteiger partial charge < -0.3 is 5.11 Å². The zero-order valence-corrected chi connectivity index (χ0v) is 12.1. The summed E-state index contributed by atoms with van der Waals surface area (Å²) in [5.41, 5.74) is -4.58. The Kier molecular flexibility index (Phi) is 3.61. The number of fused-ring (bicyclic) bond motifs is 2. The Bertz CT molecular complexity index is 349. The summed E-state index contributed by atoms with van der Waals surface area (Å²) >= 11 is 1.92. The molecule has 5 unspecified atom stereocenters. The maximum atomic E-state index is 12.8. The van der Waals surface area contributed by atoms with Crippen LogP contribution in [0.15, 0.2) is 0 Å². The zero-order chi connectivity index (χ0) is 14.8. The average molecular weight is 402 g/mol. The topological polar surface area (TPSA) is 20.2 Å². The highest BCUT2D eigenvalue weighted by Gasteiger charge is 2.76. The highest BCUT2D eigenvalue weighted by atomic mass is 127. The second-order valence-corrected chi connectivity index (χ2v) is 7.01. The maximum Gasteiger partial charge on any atom is 0.426 e. The minimum atomic E-state index is -5.69. The third-order valence-corrected chi connectivity index (χ3v) is 6.76. The Morgan fingerprint density at radius 1 is 1.00 bits per heavy atom. The number of aliphatic hydroxyl groups is 1. The molecular weight excluding hydrogens is 389 g/mol. The van der Waals surface area contributed by atoms with Gasteiger partial charge in [-0.3, -0.25) is 0 Å². The van der Waals surface area contributed by atoms with E-state index in [0.29, 0.717) is 6.42 Å². The van der Waals surface area contributed by atoms with Crippen LogP contribution >= 0.6 is 22.6 Å². The third-order valence-electron chi connectivity index (χ3n) is 4.70. The number of alkyl halides is 7. The highest BCUT2D eigenvalue weighted by Crippen LogP contribution is 2.62. The number of hydrogen-bond donors (Lipinski definition) is 1. The lowest BCUT2D eigenvalue weighted by atomic mass is 9.72. The van der Waals surface area contributed by atoms with Crippen molar-refractivity contribution in [2.45, 2.75) is 41.6 Å². The fourth-order valence-corrected chi connectivity index (χ4v) is 4.99. The molecule has 0 aliphatic heterocycles. The molecule has 19 heavy (non-hydrogen) atoms. The lowest BCUT2D eigenvalue weighted by molar-refractivity contribution is -0.388. The maximum absolute atomic E-state index is 12.8. The molecule has 2 aliphatic rings. The van der Waals surface area contributed by atoms with Crippen molar-refractivity contribution >= 4 is 22.6 Å². The second-order valence-electron chi connectivity index (χ2n) is 5.57. The summed E-state index contributed by atoms with van der Waals surface area (Å²) in [6, 6.07) is 0. The Hall–Kier alpha value is 0.270. The van der Waals surface area contributed by atoms with E-state index in [1.165, 1.54) is 0 Å². The molecule has 5 atom stereocenters. The normalized spacial score (nSPS) is 39.9. The van der Waals surface area contributed by atoms with E-state index >= 15 is 0 Å². The molecule has 0 amide bonds. The quantitative estimate of drug-likeness (QED) is 0.401. The predicted molar refractivity (Wildman–Crippen MR) is 63.7 cm³/mol. The van der Waals surface area contributed by atoms with Crippen molar-refractivity contribution in [1.82, 2.24) is 0 Å². The SMILES string of the molecule is CC1C2CC(C1I)C(C(O)(C(F)(F)F)C(F)(F)F)C2. The van der Waals surface area contributed by atoms with Gasteiger partial charge in [0.1, 0.15) is 0 Å².